The molecule has 0 radical (unpaired) electrons. The van der Waals surface area contributed by atoms with Crippen LogP contribution in [0.3, 0.4) is 0 Å². The van der Waals surface area contributed by atoms with Crippen LogP contribution in [0.15, 0.2) is 77.9 Å². The van der Waals surface area contributed by atoms with E-state index in [1.807, 2.05) is 18.2 Å². The van der Waals surface area contributed by atoms with E-state index in [0.29, 0.717) is 28.5 Å². The van der Waals surface area contributed by atoms with Crippen molar-refractivity contribution < 1.29 is 23.8 Å². The van der Waals surface area contributed by atoms with Crippen LogP contribution in [-0.2, 0) is 4.79 Å². The number of hydrogen-bond donors (Lipinski definition) is 2. The highest BCUT2D eigenvalue weighted by Crippen LogP contribution is 2.22. The molecule has 32 heavy (non-hydrogen) atoms. The smallest absolute Gasteiger partial charge is 0.271 e. The van der Waals surface area contributed by atoms with Crippen LogP contribution in [0.5, 0.6) is 17.2 Å². The lowest BCUT2D eigenvalue weighted by Crippen LogP contribution is -2.20. The third-order valence-corrected chi connectivity index (χ3v) is 4.30. The number of carbonyl (C=O) groups is 2. The number of para-hydroxylation sites is 1. The zero-order chi connectivity index (χ0) is 22.8. The summed E-state index contributed by atoms with van der Waals surface area (Å²) in [6, 6.07) is 21.0. The van der Waals surface area contributed by atoms with Gasteiger partial charge in [-0.2, -0.15) is 5.10 Å². The van der Waals surface area contributed by atoms with Gasteiger partial charge < -0.3 is 19.5 Å². The standard InChI is InChI=1S/C24H23N3O5/c1-30-21-12-18(13-22(14-21)31-2)24(29)27-25-15-17-8-10-20(11-9-17)32-16-23(28)26-19-6-4-3-5-7-19/h3-15H,16H2,1-2H3,(H,26,28)(H,27,29)/b25-15+. The fourth-order valence-corrected chi connectivity index (χ4v) is 2.69. The second-order valence-corrected chi connectivity index (χ2v) is 6.57. The second-order valence-electron chi connectivity index (χ2n) is 6.57. The molecular weight excluding hydrogens is 410 g/mol. The molecule has 0 aliphatic rings. The molecule has 8 heteroatoms. The molecule has 2 amide bonds. The number of anilines is 1. The largest absolute Gasteiger partial charge is 0.497 e. The van der Waals surface area contributed by atoms with Crippen molar-refractivity contribution in [1.82, 2.24) is 5.43 Å². The van der Waals surface area contributed by atoms with Gasteiger partial charge in [0.15, 0.2) is 6.61 Å². The zero-order valence-electron chi connectivity index (χ0n) is 17.7. The van der Waals surface area contributed by atoms with E-state index in [0.717, 1.165) is 5.56 Å². The molecule has 0 aliphatic carbocycles. The monoisotopic (exact) mass is 433 g/mol. The molecule has 8 nitrogen and oxygen atoms in total. The quantitative estimate of drug-likeness (QED) is 0.398. The van der Waals surface area contributed by atoms with Gasteiger partial charge in [-0.25, -0.2) is 5.43 Å². The van der Waals surface area contributed by atoms with E-state index >= 15 is 0 Å². The lowest BCUT2D eigenvalue weighted by Gasteiger charge is -2.08. The fraction of sp³-hybridized carbons (Fsp3) is 0.125. The Hall–Kier alpha value is -4.33. The molecule has 2 N–H and O–H groups in total. The Balaban J connectivity index is 1.50. The molecule has 3 rings (SSSR count). The van der Waals surface area contributed by atoms with Crippen LogP contribution in [0.4, 0.5) is 5.69 Å². The predicted octanol–water partition coefficient (Wildman–Crippen LogP) is 3.49. The van der Waals surface area contributed by atoms with Crippen LogP contribution in [0.2, 0.25) is 0 Å². The number of amides is 2. The zero-order valence-corrected chi connectivity index (χ0v) is 17.7. The van der Waals surface area contributed by atoms with Crippen LogP contribution in [0.25, 0.3) is 0 Å². The molecule has 0 heterocycles. The number of benzene rings is 3. The molecule has 3 aromatic carbocycles. The molecule has 0 atom stereocenters. The number of ether oxygens (including phenoxy) is 3. The summed E-state index contributed by atoms with van der Waals surface area (Å²) in [5.74, 6) is 0.900. The van der Waals surface area contributed by atoms with Gasteiger partial charge in [-0.1, -0.05) is 18.2 Å². The highest BCUT2D eigenvalue weighted by Gasteiger charge is 2.09. The van der Waals surface area contributed by atoms with Crippen LogP contribution in [0.1, 0.15) is 15.9 Å². The van der Waals surface area contributed by atoms with Gasteiger partial charge in [0.2, 0.25) is 0 Å². The van der Waals surface area contributed by atoms with E-state index in [-0.39, 0.29) is 12.5 Å². The van der Waals surface area contributed by atoms with E-state index in [1.165, 1.54) is 20.4 Å². The first-order valence-electron chi connectivity index (χ1n) is 9.71. The normalized spacial score (nSPS) is 10.4. The average molecular weight is 433 g/mol. The third kappa shape index (κ3) is 6.60. The summed E-state index contributed by atoms with van der Waals surface area (Å²) in [5, 5.41) is 6.72. The molecule has 0 spiro atoms. The summed E-state index contributed by atoms with van der Waals surface area (Å²) in [5.41, 5.74) is 4.28. The SMILES string of the molecule is COc1cc(OC)cc(C(=O)N/N=C/c2ccc(OCC(=O)Nc3ccccc3)cc2)c1. The summed E-state index contributed by atoms with van der Waals surface area (Å²) in [6.45, 7) is -0.109. The molecule has 164 valence electrons. The Labute approximate surface area is 185 Å². The van der Waals surface area contributed by atoms with E-state index in [4.69, 9.17) is 14.2 Å². The number of methoxy groups -OCH3 is 2. The molecule has 0 aromatic heterocycles. The average Bonchev–Trinajstić information content (AvgIpc) is 2.83. The first-order chi connectivity index (χ1) is 15.6. The number of rotatable bonds is 9. The van der Waals surface area contributed by atoms with Gasteiger partial charge in [-0.05, 0) is 54.1 Å². The molecule has 0 aliphatic heterocycles. The molecule has 0 saturated heterocycles. The molecule has 3 aromatic rings. The van der Waals surface area contributed by atoms with Crippen LogP contribution in [-0.4, -0.2) is 38.9 Å². The van der Waals surface area contributed by atoms with Crippen molar-refractivity contribution in [3.05, 3.63) is 83.9 Å². The van der Waals surface area contributed by atoms with E-state index in [1.54, 1.807) is 54.6 Å². The van der Waals surface area contributed by atoms with Crippen LogP contribution < -0.4 is 25.0 Å². The van der Waals surface area contributed by atoms with Gasteiger partial charge in [0.05, 0.1) is 20.4 Å². The second kappa shape index (κ2) is 11.2. The predicted molar refractivity (Wildman–Crippen MR) is 122 cm³/mol. The Morgan fingerprint density at radius 1 is 0.875 bits per heavy atom. The maximum Gasteiger partial charge on any atom is 0.271 e. The Morgan fingerprint density at radius 3 is 2.16 bits per heavy atom. The first kappa shape index (κ1) is 22.4. The molecule has 0 bridgehead atoms. The summed E-state index contributed by atoms with van der Waals surface area (Å²) < 4.78 is 15.8. The van der Waals surface area contributed by atoms with Gasteiger partial charge in [-0.15, -0.1) is 0 Å². The van der Waals surface area contributed by atoms with Gasteiger partial charge in [-0.3, -0.25) is 9.59 Å². The summed E-state index contributed by atoms with van der Waals surface area (Å²) in [6.07, 6.45) is 1.50. The van der Waals surface area contributed by atoms with Gasteiger partial charge in [0, 0.05) is 17.3 Å². The number of nitrogens with one attached hydrogen (secondary N) is 2. The topological polar surface area (TPSA) is 98.2 Å². The molecule has 0 unspecified atom stereocenters. The van der Waals surface area contributed by atoms with Gasteiger partial charge >= 0.3 is 0 Å². The van der Waals surface area contributed by atoms with Crippen molar-refractivity contribution in [1.29, 1.82) is 0 Å². The molecule has 0 fully saturated rings. The minimum Gasteiger partial charge on any atom is -0.497 e. The molecule has 0 saturated carbocycles. The molecular formula is C24H23N3O5. The maximum atomic E-state index is 12.3. The van der Waals surface area contributed by atoms with Crippen molar-refractivity contribution >= 4 is 23.7 Å². The lowest BCUT2D eigenvalue weighted by molar-refractivity contribution is -0.118. The van der Waals surface area contributed by atoms with E-state index in [2.05, 4.69) is 15.8 Å². The third-order valence-electron chi connectivity index (χ3n) is 4.30. The number of nitrogens with zero attached hydrogens (tertiary/aromatic N) is 1. The minimum absolute atomic E-state index is 0.109. The van der Waals surface area contributed by atoms with Crippen molar-refractivity contribution in [2.24, 2.45) is 5.10 Å². The fourth-order valence-electron chi connectivity index (χ4n) is 2.69. The van der Waals surface area contributed by atoms with Crippen molar-refractivity contribution in [3.63, 3.8) is 0 Å². The Bertz CT molecular complexity index is 1060. The number of hydrogen-bond acceptors (Lipinski definition) is 6. The van der Waals surface area contributed by atoms with E-state index in [9.17, 15) is 9.59 Å². The Kier molecular flexibility index (Phi) is 7.80. The first-order valence-corrected chi connectivity index (χ1v) is 9.71. The summed E-state index contributed by atoms with van der Waals surface area (Å²) >= 11 is 0. The minimum atomic E-state index is -0.400. The van der Waals surface area contributed by atoms with Crippen molar-refractivity contribution in [2.75, 3.05) is 26.1 Å². The van der Waals surface area contributed by atoms with Gasteiger partial charge in [0.1, 0.15) is 17.2 Å². The highest BCUT2D eigenvalue weighted by atomic mass is 16.5. The van der Waals surface area contributed by atoms with Crippen LogP contribution >= 0.6 is 0 Å². The van der Waals surface area contributed by atoms with Crippen LogP contribution in [0, 0.1) is 0 Å². The summed E-state index contributed by atoms with van der Waals surface area (Å²) in [7, 11) is 3.02. The maximum absolute atomic E-state index is 12.3. The lowest BCUT2D eigenvalue weighted by atomic mass is 10.2. The number of carbonyl (C=O) groups excluding carboxylic acids is 2. The van der Waals surface area contributed by atoms with Crippen molar-refractivity contribution in [3.8, 4) is 17.2 Å². The van der Waals surface area contributed by atoms with E-state index < -0.39 is 5.91 Å². The van der Waals surface area contributed by atoms with Crippen molar-refractivity contribution in [2.45, 2.75) is 0 Å². The highest BCUT2D eigenvalue weighted by molar-refractivity contribution is 5.95. The summed E-state index contributed by atoms with van der Waals surface area (Å²) in [4.78, 5) is 24.3. The number of hydrazone groups is 1. The van der Waals surface area contributed by atoms with Gasteiger partial charge in [0.25, 0.3) is 11.8 Å². The Morgan fingerprint density at radius 2 is 1.53 bits per heavy atom.